The first-order valence-corrected chi connectivity index (χ1v) is 21.9. The minimum absolute atomic E-state index is 0.502. The Kier molecular flexibility index (Phi) is 8.13. The zero-order chi connectivity index (χ0) is 42.2. The average Bonchev–Trinajstić information content (AvgIpc) is 4.02. The van der Waals surface area contributed by atoms with Crippen LogP contribution < -0.4 is 4.90 Å². The molecule has 64 heavy (non-hydrogen) atoms. The Bertz CT molecular complexity index is 3660. The van der Waals surface area contributed by atoms with Crippen molar-refractivity contribution in [3.05, 3.63) is 259 Å². The third kappa shape index (κ3) is 5.47. The second-order valence-corrected chi connectivity index (χ2v) is 16.8. The third-order valence-corrected chi connectivity index (χ3v) is 13.4. The lowest BCUT2D eigenvalue weighted by Crippen LogP contribution is -2.28. The highest BCUT2D eigenvalue weighted by Crippen LogP contribution is 2.57. The van der Waals surface area contributed by atoms with E-state index in [1.54, 1.807) is 0 Å². The molecule has 3 heteroatoms. The van der Waals surface area contributed by atoms with E-state index in [1.807, 2.05) is 12.1 Å². The minimum atomic E-state index is -0.502. The summed E-state index contributed by atoms with van der Waals surface area (Å²) in [4.78, 5) is 2.34. The van der Waals surface area contributed by atoms with Crippen LogP contribution in [0.4, 0.5) is 17.1 Å². The van der Waals surface area contributed by atoms with Crippen LogP contribution in [0, 0.1) is 0 Å². The van der Waals surface area contributed by atoms with Crippen molar-refractivity contribution in [3.8, 4) is 33.4 Å². The van der Waals surface area contributed by atoms with Gasteiger partial charge in [-0.3, -0.25) is 0 Å². The predicted octanol–water partition coefficient (Wildman–Crippen LogP) is 16.7. The van der Waals surface area contributed by atoms with Gasteiger partial charge in [0.05, 0.1) is 5.41 Å². The molecule has 0 bridgehead atoms. The van der Waals surface area contributed by atoms with Crippen LogP contribution in [0.5, 0.6) is 0 Å². The maximum absolute atomic E-state index is 6.85. The van der Waals surface area contributed by atoms with Crippen LogP contribution >= 0.6 is 0 Å². The summed E-state index contributed by atoms with van der Waals surface area (Å²) in [7, 11) is 0. The molecular formula is C61H39NO2. The van der Waals surface area contributed by atoms with Crippen LogP contribution in [0.25, 0.3) is 77.3 Å². The molecule has 1 aliphatic rings. The molecule has 300 valence electrons. The Morgan fingerprint density at radius 3 is 1.58 bits per heavy atom. The number of rotatable bonds is 7. The lowest BCUT2D eigenvalue weighted by Gasteiger charge is -2.33. The van der Waals surface area contributed by atoms with E-state index in [4.69, 9.17) is 8.83 Å². The van der Waals surface area contributed by atoms with E-state index in [0.29, 0.717) is 0 Å². The summed E-state index contributed by atoms with van der Waals surface area (Å²) in [6.07, 6.45) is 0. The van der Waals surface area contributed by atoms with E-state index in [9.17, 15) is 0 Å². The molecule has 2 heterocycles. The van der Waals surface area contributed by atoms with Crippen LogP contribution in [0.2, 0.25) is 0 Å². The number of para-hydroxylation sites is 2. The van der Waals surface area contributed by atoms with Gasteiger partial charge in [0.15, 0.2) is 0 Å². The van der Waals surface area contributed by atoms with Crippen LogP contribution in [0.3, 0.4) is 0 Å². The van der Waals surface area contributed by atoms with Crippen molar-refractivity contribution < 1.29 is 8.83 Å². The first-order chi connectivity index (χ1) is 31.7. The van der Waals surface area contributed by atoms with Crippen molar-refractivity contribution >= 4 is 60.9 Å². The topological polar surface area (TPSA) is 29.5 Å². The normalized spacial score (nSPS) is 12.8. The highest BCUT2D eigenvalue weighted by atomic mass is 16.3. The van der Waals surface area contributed by atoms with Crippen LogP contribution in [-0.2, 0) is 5.41 Å². The zero-order valence-corrected chi connectivity index (χ0v) is 34.8. The molecule has 2 aromatic heterocycles. The lowest BCUT2D eigenvalue weighted by atomic mass is 9.67. The number of nitrogens with zero attached hydrogens (tertiary/aromatic N) is 1. The molecule has 13 rings (SSSR count). The highest BCUT2D eigenvalue weighted by molar-refractivity contribution is 6.11. The molecule has 0 spiro atoms. The number of hydrogen-bond donors (Lipinski definition) is 0. The molecule has 10 aromatic carbocycles. The summed E-state index contributed by atoms with van der Waals surface area (Å²) in [5.41, 5.74) is 18.2. The van der Waals surface area contributed by atoms with E-state index in [2.05, 4.69) is 229 Å². The number of benzene rings is 10. The largest absolute Gasteiger partial charge is 0.456 e. The fourth-order valence-corrected chi connectivity index (χ4v) is 10.5. The smallest absolute Gasteiger partial charge is 0.143 e. The van der Waals surface area contributed by atoms with Crippen molar-refractivity contribution in [1.29, 1.82) is 0 Å². The van der Waals surface area contributed by atoms with Gasteiger partial charge in [0.25, 0.3) is 0 Å². The Hall–Kier alpha value is -8.40. The average molecular weight is 818 g/mol. The van der Waals surface area contributed by atoms with Gasteiger partial charge in [0.2, 0.25) is 0 Å². The summed E-state index contributed by atoms with van der Waals surface area (Å²) in [6, 6.07) is 85.0. The van der Waals surface area contributed by atoms with Crippen molar-refractivity contribution in [3.63, 3.8) is 0 Å². The molecule has 0 aliphatic heterocycles. The molecular weight excluding hydrogens is 779 g/mol. The van der Waals surface area contributed by atoms with E-state index in [0.717, 1.165) is 72.1 Å². The second kappa shape index (κ2) is 14.3. The number of furan rings is 2. The predicted molar refractivity (Wildman–Crippen MR) is 264 cm³/mol. The molecule has 0 unspecified atom stereocenters. The summed E-state index contributed by atoms with van der Waals surface area (Å²) >= 11 is 0. The summed E-state index contributed by atoms with van der Waals surface area (Å²) in [5.74, 6) is 0. The minimum Gasteiger partial charge on any atom is -0.456 e. The molecule has 1 aliphatic carbocycles. The van der Waals surface area contributed by atoms with Crippen LogP contribution in [-0.4, -0.2) is 0 Å². The highest BCUT2D eigenvalue weighted by Gasteiger charge is 2.46. The van der Waals surface area contributed by atoms with Gasteiger partial charge in [-0.1, -0.05) is 176 Å². The molecule has 0 saturated carbocycles. The molecule has 0 N–H and O–H groups in total. The van der Waals surface area contributed by atoms with Crippen molar-refractivity contribution in [2.75, 3.05) is 4.90 Å². The van der Waals surface area contributed by atoms with Gasteiger partial charge in [-0.2, -0.15) is 0 Å². The van der Waals surface area contributed by atoms with Crippen molar-refractivity contribution in [2.24, 2.45) is 0 Å². The first-order valence-electron chi connectivity index (χ1n) is 21.9. The molecule has 12 aromatic rings. The van der Waals surface area contributed by atoms with Gasteiger partial charge in [0, 0.05) is 44.2 Å². The molecule has 0 atom stereocenters. The molecule has 0 radical (unpaired) electrons. The van der Waals surface area contributed by atoms with Gasteiger partial charge in [-0.25, -0.2) is 0 Å². The number of fused-ring (bicyclic) bond motifs is 9. The molecule has 0 saturated heterocycles. The maximum atomic E-state index is 6.85. The van der Waals surface area contributed by atoms with Gasteiger partial charge >= 0.3 is 0 Å². The second-order valence-electron chi connectivity index (χ2n) is 16.8. The van der Waals surface area contributed by atoms with E-state index in [-0.39, 0.29) is 0 Å². The van der Waals surface area contributed by atoms with E-state index in [1.165, 1.54) is 44.5 Å². The Balaban J connectivity index is 0.976. The van der Waals surface area contributed by atoms with Gasteiger partial charge in [0.1, 0.15) is 22.3 Å². The van der Waals surface area contributed by atoms with Gasteiger partial charge in [-0.15, -0.1) is 0 Å². The monoisotopic (exact) mass is 817 g/mol. The van der Waals surface area contributed by atoms with E-state index >= 15 is 0 Å². The number of anilines is 3. The summed E-state index contributed by atoms with van der Waals surface area (Å²) < 4.78 is 13.3. The Labute approximate surface area is 370 Å². The lowest BCUT2D eigenvalue weighted by molar-refractivity contribution is 0.666. The SMILES string of the molecule is c1ccc(-c2ccc(N(c3ccc(-c4cccc5c4oc4ccccc45)cc3)c3ccc4oc5cc6c(cc5c4c3)-c3ccccc3C6(c3ccccc3)c3ccccc3)cc2)cc1. The first kappa shape index (κ1) is 36.3. The summed E-state index contributed by atoms with van der Waals surface area (Å²) in [5, 5.41) is 4.42. The number of hydrogen-bond acceptors (Lipinski definition) is 3. The Morgan fingerprint density at radius 2 is 0.844 bits per heavy atom. The quantitative estimate of drug-likeness (QED) is 0.160. The van der Waals surface area contributed by atoms with Crippen LogP contribution in [0.1, 0.15) is 22.3 Å². The van der Waals surface area contributed by atoms with Crippen molar-refractivity contribution in [2.45, 2.75) is 5.41 Å². The fourth-order valence-electron chi connectivity index (χ4n) is 10.5. The third-order valence-electron chi connectivity index (χ3n) is 13.4. The maximum Gasteiger partial charge on any atom is 0.143 e. The Morgan fingerprint density at radius 1 is 0.297 bits per heavy atom. The molecule has 3 nitrogen and oxygen atoms in total. The van der Waals surface area contributed by atoms with Gasteiger partial charge < -0.3 is 13.7 Å². The molecule has 0 amide bonds. The molecule has 0 fully saturated rings. The summed E-state index contributed by atoms with van der Waals surface area (Å²) in [6.45, 7) is 0. The van der Waals surface area contributed by atoms with Gasteiger partial charge in [-0.05, 0) is 111 Å². The van der Waals surface area contributed by atoms with Crippen molar-refractivity contribution in [1.82, 2.24) is 0 Å². The zero-order valence-electron chi connectivity index (χ0n) is 34.8. The standard InChI is InChI=1S/C61H39NO2/c1-4-15-40(16-5-1)41-27-31-45(32-28-41)62(46-33-29-42(30-34-46)48-23-14-24-51-50-22-11-13-26-57(50)64-60(48)51)47-35-36-58-53(37-47)54-38-52-49-21-10-12-25-55(49)61(43-17-6-2-7-18-43,44-19-8-3-9-20-44)56(52)39-59(54)63-58/h1-39H. The fraction of sp³-hybridized carbons (Fsp3) is 0.0164. The van der Waals surface area contributed by atoms with Crippen LogP contribution in [0.15, 0.2) is 245 Å². The van der Waals surface area contributed by atoms with E-state index < -0.39 is 5.41 Å².